The summed E-state index contributed by atoms with van der Waals surface area (Å²) in [5.74, 6) is -6.45. The van der Waals surface area contributed by atoms with Gasteiger partial charge in [-0.25, -0.2) is 4.79 Å². The number of esters is 4. The molecular weight excluding hydrogens is 684 g/mol. The van der Waals surface area contributed by atoms with Crippen molar-refractivity contribution < 1.29 is 71.7 Å². The maximum absolute atomic E-state index is 14.0. The second-order valence-corrected chi connectivity index (χ2v) is 14.8. The fourth-order valence-electron chi connectivity index (χ4n) is 11.5. The van der Waals surface area contributed by atoms with Crippen molar-refractivity contribution in [2.75, 3.05) is 42.2 Å². The van der Waals surface area contributed by atoms with Crippen molar-refractivity contribution in [3.8, 4) is 5.75 Å². The number of benzene rings is 1. The van der Waals surface area contributed by atoms with Gasteiger partial charge >= 0.3 is 23.9 Å². The minimum atomic E-state index is -1.89. The first-order chi connectivity index (χ1) is 24.7. The first kappa shape index (κ1) is 38.1. The third-order valence-corrected chi connectivity index (χ3v) is 12.7. The van der Waals surface area contributed by atoms with E-state index in [-0.39, 0.29) is 31.4 Å². The van der Waals surface area contributed by atoms with Gasteiger partial charge in [-0.1, -0.05) is 0 Å². The van der Waals surface area contributed by atoms with Gasteiger partial charge in [0.2, 0.25) is 0 Å². The highest BCUT2D eigenvalue weighted by molar-refractivity contribution is 5.90. The van der Waals surface area contributed by atoms with E-state index in [0.29, 0.717) is 12.0 Å². The highest BCUT2D eigenvalue weighted by atomic mass is 16.6. The van der Waals surface area contributed by atoms with Crippen molar-refractivity contribution in [2.24, 2.45) is 35.0 Å². The number of methoxy groups -OCH3 is 5. The standard InChI is InChI=1S/C37H48O15/c1-18(39)49-24-13-25(46-6)37(43)27-23-14-35(51-19(2)40)26(47-7)15-36(52-20(3)41,29(27)30(48-8)31(37)34(24,16-38)17-44-4)28(23)32(35)50-33(42)21-9-11-22(45-5)12-10-21/h9-12,16,23-32,43H,13-15,17H2,1-8H3/t23-,24+,25-,26-,27+,28+,29-,30-,31+,32+,34-,35-,36+,37-/m0/s1. The number of ether oxygens (including phenoxy) is 9. The van der Waals surface area contributed by atoms with E-state index in [2.05, 4.69) is 0 Å². The van der Waals surface area contributed by atoms with Gasteiger partial charge in [0.25, 0.3) is 0 Å². The Bertz CT molecular complexity index is 1580. The molecular formula is C37H48O15. The lowest BCUT2D eigenvalue weighted by Crippen LogP contribution is -2.69. The van der Waals surface area contributed by atoms with Crippen LogP contribution < -0.4 is 4.74 Å². The highest BCUT2D eigenvalue weighted by Gasteiger charge is 2.88. The zero-order valence-corrected chi connectivity index (χ0v) is 30.7. The van der Waals surface area contributed by atoms with Gasteiger partial charge < -0.3 is 52.5 Å². The van der Waals surface area contributed by atoms with Crippen LogP contribution >= 0.6 is 0 Å². The molecule has 0 radical (unpaired) electrons. The lowest BCUT2D eigenvalue weighted by Gasteiger charge is -2.56. The Morgan fingerprint density at radius 3 is 1.92 bits per heavy atom. The molecule has 0 aromatic heterocycles. The van der Waals surface area contributed by atoms with E-state index in [4.69, 9.17) is 42.6 Å². The molecule has 5 saturated carbocycles. The number of hydrogen-bond donors (Lipinski definition) is 1. The second-order valence-electron chi connectivity index (χ2n) is 14.8. The summed E-state index contributed by atoms with van der Waals surface area (Å²) in [5, 5.41) is 13.4. The zero-order chi connectivity index (χ0) is 38.0. The van der Waals surface area contributed by atoms with Gasteiger partial charge in [-0.05, 0) is 36.6 Å². The van der Waals surface area contributed by atoms with Crippen LogP contribution in [0.5, 0.6) is 5.75 Å². The lowest BCUT2D eigenvalue weighted by atomic mass is 9.55. The molecule has 286 valence electrons. The average molecular weight is 733 g/mol. The van der Waals surface area contributed by atoms with Crippen LogP contribution in [0.1, 0.15) is 50.4 Å². The van der Waals surface area contributed by atoms with Crippen LogP contribution in [-0.2, 0) is 57.1 Å². The summed E-state index contributed by atoms with van der Waals surface area (Å²) in [7, 11) is 7.18. The monoisotopic (exact) mass is 732 g/mol. The normalized spacial score (nSPS) is 42.4. The molecule has 5 fully saturated rings. The summed E-state index contributed by atoms with van der Waals surface area (Å²) in [4.78, 5) is 66.1. The topological polar surface area (TPSA) is 189 Å². The van der Waals surface area contributed by atoms with Gasteiger partial charge in [0.15, 0.2) is 11.7 Å². The van der Waals surface area contributed by atoms with Gasteiger partial charge in [0.1, 0.15) is 35.4 Å². The fourth-order valence-corrected chi connectivity index (χ4v) is 11.5. The molecule has 5 aliphatic rings. The van der Waals surface area contributed by atoms with Crippen LogP contribution in [0.15, 0.2) is 24.3 Å². The first-order valence-corrected chi connectivity index (χ1v) is 17.4. The van der Waals surface area contributed by atoms with Gasteiger partial charge in [-0.15, -0.1) is 0 Å². The highest BCUT2D eigenvalue weighted by Crippen LogP contribution is 2.76. The van der Waals surface area contributed by atoms with Gasteiger partial charge in [0.05, 0.1) is 36.9 Å². The van der Waals surface area contributed by atoms with Crippen LogP contribution in [0.2, 0.25) is 0 Å². The quantitative estimate of drug-likeness (QED) is 0.186. The van der Waals surface area contributed by atoms with Crippen molar-refractivity contribution >= 4 is 30.2 Å². The number of aldehydes is 1. The lowest BCUT2D eigenvalue weighted by molar-refractivity contribution is -0.257. The first-order valence-electron chi connectivity index (χ1n) is 17.4. The van der Waals surface area contributed by atoms with E-state index >= 15 is 0 Å². The largest absolute Gasteiger partial charge is 0.497 e. The molecule has 1 aromatic carbocycles. The van der Waals surface area contributed by atoms with Crippen molar-refractivity contribution in [2.45, 2.75) is 87.4 Å². The minimum absolute atomic E-state index is 0.0265. The number of carbonyl (C=O) groups excluding carboxylic acids is 5. The number of fused-ring (bicyclic) bond motifs is 6. The molecule has 0 spiro atoms. The average Bonchev–Trinajstić information content (AvgIpc) is 3.63. The number of rotatable bonds is 12. The van der Waals surface area contributed by atoms with E-state index in [1.807, 2.05) is 0 Å². The molecule has 1 N–H and O–H groups in total. The number of carbonyl (C=O) groups is 5. The summed E-state index contributed by atoms with van der Waals surface area (Å²) in [6.45, 7) is 3.49. The van der Waals surface area contributed by atoms with Gasteiger partial charge in [0, 0.05) is 85.7 Å². The maximum Gasteiger partial charge on any atom is 0.338 e. The molecule has 5 aliphatic carbocycles. The minimum Gasteiger partial charge on any atom is -0.497 e. The number of aliphatic hydroxyl groups is 1. The van der Waals surface area contributed by atoms with E-state index < -0.39 is 106 Å². The van der Waals surface area contributed by atoms with Crippen LogP contribution in [-0.4, -0.2) is 125 Å². The maximum atomic E-state index is 14.0. The Labute approximate surface area is 301 Å². The Morgan fingerprint density at radius 1 is 0.769 bits per heavy atom. The van der Waals surface area contributed by atoms with Gasteiger partial charge in [-0.2, -0.15) is 0 Å². The van der Waals surface area contributed by atoms with Crippen LogP contribution in [0.25, 0.3) is 0 Å². The Hall–Kier alpha value is -3.63. The predicted octanol–water partition coefficient (Wildman–Crippen LogP) is 1.68. The summed E-state index contributed by atoms with van der Waals surface area (Å²) >= 11 is 0. The Balaban J connectivity index is 1.58. The van der Waals surface area contributed by atoms with Crippen LogP contribution in [0, 0.1) is 35.0 Å². The SMILES string of the molecule is COC[C@]1(C=O)[C@H]2[C@@H](OC)[C@@H]3[C@@H]([C@@H]4C[C@]5(OC(C)=O)[C@@H](OC)C[C@@]3(OC(C)=O)[C@H]4[C@H]5OC(=O)c3ccc(OC)cc3)[C@@]2(O)[C@@H](OC)C[C@H]1OC(C)=O. The Morgan fingerprint density at radius 2 is 1.40 bits per heavy atom. The van der Waals surface area contributed by atoms with Crippen molar-refractivity contribution in [3.63, 3.8) is 0 Å². The third kappa shape index (κ3) is 5.21. The van der Waals surface area contributed by atoms with Crippen LogP contribution in [0.4, 0.5) is 0 Å². The molecule has 52 heavy (non-hydrogen) atoms. The molecule has 14 atom stereocenters. The molecule has 0 unspecified atom stereocenters. The zero-order valence-electron chi connectivity index (χ0n) is 30.7. The molecule has 1 aromatic rings. The molecule has 0 amide bonds. The third-order valence-electron chi connectivity index (χ3n) is 12.7. The van der Waals surface area contributed by atoms with E-state index in [0.717, 1.165) is 0 Å². The van der Waals surface area contributed by atoms with Crippen molar-refractivity contribution in [1.82, 2.24) is 0 Å². The summed E-state index contributed by atoms with van der Waals surface area (Å²) in [6, 6.07) is 6.29. The summed E-state index contributed by atoms with van der Waals surface area (Å²) in [5.41, 5.74) is -6.43. The molecule has 15 heteroatoms. The van der Waals surface area contributed by atoms with E-state index in [1.165, 1.54) is 68.5 Å². The van der Waals surface area contributed by atoms with Crippen LogP contribution in [0.3, 0.4) is 0 Å². The van der Waals surface area contributed by atoms with Gasteiger partial charge in [-0.3, -0.25) is 14.4 Å². The Kier molecular flexibility index (Phi) is 10.0. The predicted molar refractivity (Wildman–Crippen MR) is 176 cm³/mol. The second kappa shape index (κ2) is 13.7. The summed E-state index contributed by atoms with van der Waals surface area (Å²) in [6.07, 6.45) is -4.70. The summed E-state index contributed by atoms with van der Waals surface area (Å²) < 4.78 is 54.0. The molecule has 2 bridgehead atoms. The molecule has 0 aliphatic heterocycles. The van der Waals surface area contributed by atoms with E-state index in [1.54, 1.807) is 12.1 Å². The molecule has 0 saturated heterocycles. The van der Waals surface area contributed by atoms with E-state index in [9.17, 15) is 29.1 Å². The fraction of sp³-hybridized carbons (Fsp3) is 0.703. The molecule has 15 nitrogen and oxygen atoms in total. The smallest absolute Gasteiger partial charge is 0.338 e. The molecule has 0 heterocycles. The molecule has 6 rings (SSSR count). The van der Waals surface area contributed by atoms with Crippen molar-refractivity contribution in [3.05, 3.63) is 29.8 Å². The van der Waals surface area contributed by atoms with Crippen molar-refractivity contribution in [1.29, 1.82) is 0 Å². The number of hydrogen-bond acceptors (Lipinski definition) is 15.